The van der Waals surface area contributed by atoms with Crippen LogP contribution in [0.1, 0.15) is 15.9 Å². The van der Waals surface area contributed by atoms with E-state index in [1.54, 1.807) is 0 Å². The van der Waals surface area contributed by atoms with Crippen LogP contribution in [0.2, 0.25) is 5.15 Å². The molecule has 0 aromatic carbocycles. The van der Waals surface area contributed by atoms with Crippen LogP contribution in [0.5, 0.6) is 0 Å². The number of hydrogen-bond donors (Lipinski definition) is 1. The Balaban J connectivity index is 2.56. The number of fused-ring (bicyclic) bond motifs is 1. The van der Waals surface area contributed by atoms with Crippen molar-refractivity contribution >= 4 is 39.9 Å². The predicted octanol–water partition coefficient (Wildman–Crippen LogP) is 2.78. The first kappa shape index (κ1) is 15.5. The van der Waals surface area contributed by atoms with Crippen molar-refractivity contribution in [1.29, 1.82) is 0 Å². The van der Waals surface area contributed by atoms with Crippen LogP contribution in [0.4, 0.5) is 8.78 Å². The Labute approximate surface area is 135 Å². The fraction of sp³-hybridized carbons (Fsp3) is 0.0769. The van der Waals surface area contributed by atoms with E-state index in [9.17, 15) is 23.5 Å². The lowest BCUT2D eigenvalue weighted by atomic mass is 10.1. The van der Waals surface area contributed by atoms with Gasteiger partial charge in [0.2, 0.25) is 5.43 Å². The minimum absolute atomic E-state index is 0.0320. The molecule has 0 atom stereocenters. The van der Waals surface area contributed by atoms with Gasteiger partial charge in [0.25, 0.3) is 0 Å². The third kappa shape index (κ3) is 2.37. The van der Waals surface area contributed by atoms with Crippen molar-refractivity contribution in [2.24, 2.45) is 0 Å². The molecule has 3 heterocycles. The molecule has 0 aliphatic heterocycles. The molecule has 118 valence electrons. The standard InChI is InChI=1S/C13H6ClF2N3O3S/c1-4-7-9(20)5(12(21)22)3-19(13-17-2-6(15)23-13)11(7)18-10(14)8(4)16/h2-3H,1H3,(H,21,22). The molecule has 3 aromatic rings. The van der Waals surface area contributed by atoms with Crippen LogP contribution in [0.15, 0.2) is 17.2 Å². The summed E-state index contributed by atoms with van der Waals surface area (Å²) in [5.41, 5.74) is -1.75. The molecule has 0 radical (unpaired) electrons. The fourth-order valence-corrected chi connectivity index (χ4v) is 2.96. The summed E-state index contributed by atoms with van der Waals surface area (Å²) in [6.07, 6.45) is 1.90. The van der Waals surface area contributed by atoms with Gasteiger partial charge in [-0.3, -0.25) is 9.36 Å². The number of carboxylic acid groups (broad SMARTS) is 1. The van der Waals surface area contributed by atoms with E-state index >= 15 is 0 Å². The minimum atomic E-state index is -1.50. The van der Waals surface area contributed by atoms with Gasteiger partial charge < -0.3 is 5.11 Å². The van der Waals surface area contributed by atoms with Gasteiger partial charge in [0.15, 0.2) is 26.9 Å². The number of pyridine rings is 2. The first-order valence-electron chi connectivity index (χ1n) is 6.07. The zero-order valence-electron chi connectivity index (χ0n) is 11.3. The Kier molecular flexibility index (Phi) is 3.61. The van der Waals surface area contributed by atoms with Crippen LogP contribution in [0.3, 0.4) is 0 Å². The summed E-state index contributed by atoms with van der Waals surface area (Å²) in [5.74, 6) is -2.42. The van der Waals surface area contributed by atoms with Crippen molar-refractivity contribution in [3.8, 4) is 5.13 Å². The molecular formula is C13H6ClF2N3O3S. The summed E-state index contributed by atoms with van der Waals surface area (Å²) < 4.78 is 28.3. The van der Waals surface area contributed by atoms with Crippen molar-refractivity contribution in [2.75, 3.05) is 0 Å². The monoisotopic (exact) mass is 357 g/mol. The molecule has 0 fully saturated rings. The number of thiazole rings is 1. The first-order chi connectivity index (χ1) is 10.8. The van der Waals surface area contributed by atoms with E-state index in [1.807, 2.05) is 0 Å². The Morgan fingerprint density at radius 2 is 2.13 bits per heavy atom. The van der Waals surface area contributed by atoms with Crippen LogP contribution in [0, 0.1) is 17.9 Å². The molecule has 0 amide bonds. The molecule has 0 aliphatic rings. The van der Waals surface area contributed by atoms with Gasteiger partial charge in [-0.15, -0.1) is 0 Å². The number of hydrogen-bond acceptors (Lipinski definition) is 5. The molecule has 3 aromatic heterocycles. The van der Waals surface area contributed by atoms with E-state index in [-0.39, 0.29) is 21.7 Å². The highest BCUT2D eigenvalue weighted by Crippen LogP contribution is 2.26. The zero-order chi connectivity index (χ0) is 16.9. The van der Waals surface area contributed by atoms with Gasteiger partial charge in [0.05, 0.1) is 11.6 Å². The summed E-state index contributed by atoms with van der Waals surface area (Å²) in [5, 5.41) is 7.86. The average molecular weight is 358 g/mol. The molecule has 23 heavy (non-hydrogen) atoms. The normalized spacial score (nSPS) is 11.1. The second-order valence-corrected chi connectivity index (χ2v) is 5.85. The van der Waals surface area contributed by atoms with Crippen molar-refractivity contribution in [1.82, 2.24) is 14.5 Å². The molecule has 3 rings (SSSR count). The van der Waals surface area contributed by atoms with Crippen LogP contribution >= 0.6 is 22.9 Å². The molecule has 0 aliphatic carbocycles. The van der Waals surface area contributed by atoms with Crippen LogP contribution in [-0.2, 0) is 0 Å². The summed E-state index contributed by atoms with van der Waals surface area (Å²) in [6, 6.07) is 0. The number of rotatable bonds is 2. The van der Waals surface area contributed by atoms with E-state index in [1.165, 1.54) is 6.92 Å². The summed E-state index contributed by atoms with van der Waals surface area (Å²) >= 11 is 6.31. The Bertz CT molecular complexity index is 1030. The van der Waals surface area contributed by atoms with Gasteiger partial charge in [0, 0.05) is 11.8 Å². The third-order valence-corrected chi connectivity index (χ3v) is 4.21. The van der Waals surface area contributed by atoms with Crippen LogP contribution < -0.4 is 5.43 Å². The third-order valence-electron chi connectivity index (χ3n) is 3.17. The maximum Gasteiger partial charge on any atom is 0.341 e. The van der Waals surface area contributed by atoms with Crippen molar-refractivity contribution in [2.45, 2.75) is 6.92 Å². The van der Waals surface area contributed by atoms with Gasteiger partial charge in [-0.2, -0.15) is 4.39 Å². The van der Waals surface area contributed by atoms with Crippen LogP contribution in [-0.4, -0.2) is 25.6 Å². The molecule has 1 N–H and O–H groups in total. The van der Waals surface area contributed by atoms with E-state index < -0.39 is 33.1 Å². The number of aromatic carboxylic acids is 1. The molecule has 0 saturated heterocycles. The quantitative estimate of drug-likeness (QED) is 0.713. The molecule has 0 spiro atoms. The largest absolute Gasteiger partial charge is 0.477 e. The number of nitrogens with zero attached hydrogens (tertiary/aromatic N) is 3. The Morgan fingerprint density at radius 1 is 1.43 bits per heavy atom. The van der Waals surface area contributed by atoms with Gasteiger partial charge in [-0.1, -0.05) is 22.9 Å². The van der Waals surface area contributed by atoms with E-state index in [4.69, 9.17) is 11.6 Å². The van der Waals surface area contributed by atoms with Gasteiger partial charge in [0.1, 0.15) is 5.56 Å². The second-order valence-electron chi connectivity index (χ2n) is 4.53. The molecule has 6 nitrogen and oxygen atoms in total. The summed E-state index contributed by atoms with van der Waals surface area (Å²) in [7, 11) is 0. The van der Waals surface area contributed by atoms with Gasteiger partial charge in [-0.25, -0.2) is 19.2 Å². The second kappa shape index (κ2) is 5.36. The molecule has 10 heteroatoms. The molecular weight excluding hydrogens is 352 g/mol. The fourth-order valence-electron chi connectivity index (χ4n) is 2.12. The number of carboxylic acids is 1. The summed E-state index contributed by atoms with van der Waals surface area (Å²) in [6.45, 7) is 1.28. The molecule has 0 saturated carbocycles. The maximum atomic E-state index is 13.9. The summed E-state index contributed by atoms with van der Waals surface area (Å²) in [4.78, 5) is 31.2. The number of aromatic nitrogens is 3. The van der Waals surface area contributed by atoms with Crippen molar-refractivity contribution in [3.05, 3.63) is 49.8 Å². The van der Waals surface area contributed by atoms with Crippen molar-refractivity contribution in [3.63, 3.8) is 0 Å². The lowest BCUT2D eigenvalue weighted by Gasteiger charge is -2.11. The number of halogens is 3. The minimum Gasteiger partial charge on any atom is -0.477 e. The molecule has 0 unspecified atom stereocenters. The number of carbonyl (C=O) groups is 1. The van der Waals surface area contributed by atoms with E-state index in [0.29, 0.717) is 11.3 Å². The SMILES string of the molecule is Cc1c(F)c(Cl)nc2c1c(=O)c(C(=O)O)cn2-c1ncc(F)s1. The maximum absolute atomic E-state index is 13.9. The Morgan fingerprint density at radius 3 is 2.70 bits per heavy atom. The smallest absolute Gasteiger partial charge is 0.341 e. The van der Waals surface area contributed by atoms with E-state index in [0.717, 1.165) is 17.0 Å². The van der Waals surface area contributed by atoms with Gasteiger partial charge in [-0.05, 0) is 6.92 Å². The van der Waals surface area contributed by atoms with Gasteiger partial charge >= 0.3 is 5.97 Å². The topological polar surface area (TPSA) is 85.1 Å². The highest BCUT2D eigenvalue weighted by Gasteiger charge is 2.22. The van der Waals surface area contributed by atoms with Crippen LogP contribution in [0.25, 0.3) is 16.2 Å². The highest BCUT2D eigenvalue weighted by molar-refractivity contribution is 7.12. The Hall–Kier alpha value is -2.39. The lowest BCUT2D eigenvalue weighted by molar-refractivity contribution is 0.0695. The average Bonchev–Trinajstić information content (AvgIpc) is 2.91. The lowest BCUT2D eigenvalue weighted by Crippen LogP contribution is -2.20. The zero-order valence-corrected chi connectivity index (χ0v) is 12.9. The van der Waals surface area contributed by atoms with E-state index in [2.05, 4.69) is 9.97 Å². The molecule has 0 bridgehead atoms. The number of aryl methyl sites for hydroxylation is 1. The predicted molar refractivity (Wildman–Crippen MR) is 79.6 cm³/mol. The highest BCUT2D eigenvalue weighted by atomic mass is 35.5. The first-order valence-corrected chi connectivity index (χ1v) is 7.26. The van der Waals surface area contributed by atoms with Crippen molar-refractivity contribution < 1.29 is 18.7 Å².